The number of imidazole rings is 1. The topological polar surface area (TPSA) is 96.3 Å². The first kappa shape index (κ1) is 18.6. The molecule has 0 bridgehead atoms. The van der Waals surface area contributed by atoms with Crippen LogP contribution in [0.25, 0.3) is 0 Å². The fraction of sp³-hybridized carbons (Fsp3) is 0.368. The summed E-state index contributed by atoms with van der Waals surface area (Å²) >= 11 is 0. The van der Waals surface area contributed by atoms with Gasteiger partial charge in [0.2, 0.25) is 5.91 Å². The number of carbonyl (C=O) groups is 3. The molecule has 0 saturated carbocycles. The molecule has 4 amide bonds. The molecule has 1 saturated heterocycles. The van der Waals surface area contributed by atoms with Crippen LogP contribution in [0.4, 0.5) is 10.5 Å². The first-order chi connectivity index (χ1) is 13.0. The molecule has 8 heteroatoms. The lowest BCUT2D eigenvalue weighted by molar-refractivity contribution is -0.120. The highest BCUT2D eigenvalue weighted by Crippen LogP contribution is 2.24. The zero-order chi connectivity index (χ0) is 19.4. The molecule has 2 aromatic rings. The zero-order valence-corrected chi connectivity index (χ0v) is 15.4. The Morgan fingerprint density at radius 3 is 2.78 bits per heavy atom. The standard InChI is InChI=1S/C19H23N5O3/c1-3-6-14(17-20-10-12-23(17)2)21-18(26)13-7-4-5-8-15(13)24-11-9-16(25)22-19(24)27/h4-5,7-8,10,12,14H,3,6,9,11H2,1-2H3,(H,21,26)(H,22,25,27)/t14-/m0/s1. The number of urea groups is 1. The number of rotatable bonds is 6. The third kappa shape index (κ3) is 3.99. The lowest BCUT2D eigenvalue weighted by Gasteiger charge is -2.28. The number of aromatic nitrogens is 2. The molecule has 1 aliphatic heterocycles. The van der Waals surface area contributed by atoms with E-state index in [4.69, 9.17) is 0 Å². The Balaban J connectivity index is 1.85. The maximum absolute atomic E-state index is 13.0. The first-order valence-electron chi connectivity index (χ1n) is 8.99. The Morgan fingerprint density at radius 2 is 2.11 bits per heavy atom. The van der Waals surface area contributed by atoms with Crippen molar-refractivity contribution >= 4 is 23.5 Å². The fourth-order valence-corrected chi connectivity index (χ4v) is 3.20. The average Bonchev–Trinajstić information content (AvgIpc) is 3.07. The van der Waals surface area contributed by atoms with Crippen LogP contribution in [0.3, 0.4) is 0 Å². The number of amides is 4. The predicted octanol–water partition coefficient (Wildman–Crippen LogP) is 2.14. The molecule has 1 fully saturated rings. The Kier molecular flexibility index (Phi) is 5.54. The van der Waals surface area contributed by atoms with E-state index < -0.39 is 6.03 Å². The van der Waals surface area contributed by atoms with Crippen molar-refractivity contribution in [1.29, 1.82) is 0 Å². The lowest BCUT2D eigenvalue weighted by atomic mass is 10.1. The van der Waals surface area contributed by atoms with Crippen molar-refractivity contribution in [2.75, 3.05) is 11.4 Å². The van der Waals surface area contributed by atoms with Gasteiger partial charge in [0, 0.05) is 32.4 Å². The van der Waals surface area contributed by atoms with Crippen molar-refractivity contribution in [1.82, 2.24) is 20.2 Å². The Hall–Kier alpha value is -3.16. The van der Waals surface area contributed by atoms with Crippen LogP contribution in [0.5, 0.6) is 0 Å². The number of imide groups is 1. The summed E-state index contributed by atoms with van der Waals surface area (Å²) in [7, 11) is 1.89. The summed E-state index contributed by atoms with van der Waals surface area (Å²) < 4.78 is 1.89. The first-order valence-corrected chi connectivity index (χ1v) is 8.99. The smallest absolute Gasteiger partial charge is 0.328 e. The quantitative estimate of drug-likeness (QED) is 0.815. The van der Waals surface area contributed by atoms with Gasteiger partial charge in [0.1, 0.15) is 5.82 Å². The lowest BCUT2D eigenvalue weighted by Crippen LogP contribution is -2.50. The highest BCUT2D eigenvalue weighted by atomic mass is 16.2. The van der Waals surface area contributed by atoms with Crippen molar-refractivity contribution < 1.29 is 14.4 Å². The second-order valence-corrected chi connectivity index (χ2v) is 6.48. The molecule has 27 heavy (non-hydrogen) atoms. The predicted molar refractivity (Wildman–Crippen MR) is 100 cm³/mol. The van der Waals surface area contributed by atoms with Crippen LogP contribution >= 0.6 is 0 Å². The molecule has 0 aliphatic carbocycles. The molecular formula is C19H23N5O3. The van der Waals surface area contributed by atoms with Gasteiger partial charge in [-0.1, -0.05) is 25.5 Å². The van der Waals surface area contributed by atoms with E-state index >= 15 is 0 Å². The Bertz CT molecular complexity index is 861. The minimum atomic E-state index is -0.513. The van der Waals surface area contributed by atoms with Crippen LogP contribution in [-0.4, -0.2) is 33.9 Å². The molecule has 2 heterocycles. The third-order valence-corrected chi connectivity index (χ3v) is 4.55. The molecule has 1 aromatic heterocycles. The zero-order valence-electron chi connectivity index (χ0n) is 15.4. The summed E-state index contributed by atoms with van der Waals surface area (Å²) in [5.74, 6) is 0.191. The van der Waals surface area contributed by atoms with E-state index in [2.05, 4.69) is 15.6 Å². The van der Waals surface area contributed by atoms with Gasteiger partial charge in [0.15, 0.2) is 0 Å². The molecule has 0 spiro atoms. The second-order valence-electron chi connectivity index (χ2n) is 6.48. The van der Waals surface area contributed by atoms with E-state index in [-0.39, 0.29) is 30.8 Å². The molecule has 3 rings (SSSR count). The van der Waals surface area contributed by atoms with Crippen molar-refractivity contribution in [3.63, 3.8) is 0 Å². The van der Waals surface area contributed by atoms with Gasteiger partial charge in [-0.25, -0.2) is 9.78 Å². The van der Waals surface area contributed by atoms with Crippen LogP contribution in [0.15, 0.2) is 36.7 Å². The number of hydrogen-bond acceptors (Lipinski definition) is 4. The summed E-state index contributed by atoms with van der Waals surface area (Å²) in [6.45, 7) is 2.29. The Labute approximate surface area is 157 Å². The second kappa shape index (κ2) is 8.03. The summed E-state index contributed by atoms with van der Waals surface area (Å²) in [5, 5.41) is 5.32. The molecule has 8 nitrogen and oxygen atoms in total. The van der Waals surface area contributed by atoms with Crippen molar-refractivity contribution in [3.05, 3.63) is 48.0 Å². The number of benzene rings is 1. The van der Waals surface area contributed by atoms with Crippen LogP contribution in [0.1, 0.15) is 48.4 Å². The molecule has 1 atom stereocenters. The van der Waals surface area contributed by atoms with Gasteiger partial charge in [0.25, 0.3) is 5.91 Å². The van der Waals surface area contributed by atoms with Gasteiger partial charge in [-0.15, -0.1) is 0 Å². The summed E-state index contributed by atoms with van der Waals surface area (Å²) in [6.07, 6.45) is 5.38. The summed E-state index contributed by atoms with van der Waals surface area (Å²) in [6, 6.07) is 6.16. The SMILES string of the molecule is CCC[C@H](NC(=O)c1ccccc1N1CCC(=O)NC1=O)c1nccn1C. The maximum Gasteiger partial charge on any atom is 0.328 e. The largest absolute Gasteiger partial charge is 0.342 e. The van der Waals surface area contributed by atoms with Crippen LogP contribution in [0, 0.1) is 0 Å². The van der Waals surface area contributed by atoms with Crippen molar-refractivity contribution in [3.8, 4) is 0 Å². The van der Waals surface area contributed by atoms with Gasteiger partial charge in [-0.3, -0.25) is 19.8 Å². The molecule has 142 valence electrons. The summed E-state index contributed by atoms with van der Waals surface area (Å²) in [4.78, 5) is 42.4. The number of nitrogens with one attached hydrogen (secondary N) is 2. The van der Waals surface area contributed by atoms with E-state index in [1.54, 1.807) is 30.5 Å². The van der Waals surface area contributed by atoms with Gasteiger partial charge in [-0.2, -0.15) is 0 Å². The van der Waals surface area contributed by atoms with E-state index in [9.17, 15) is 14.4 Å². The van der Waals surface area contributed by atoms with E-state index in [1.165, 1.54) is 4.90 Å². The van der Waals surface area contributed by atoms with Crippen molar-refractivity contribution in [2.45, 2.75) is 32.2 Å². The van der Waals surface area contributed by atoms with Gasteiger partial charge < -0.3 is 9.88 Å². The minimum absolute atomic E-state index is 0.202. The molecule has 1 aliphatic rings. The average molecular weight is 369 g/mol. The van der Waals surface area contributed by atoms with E-state index in [1.807, 2.05) is 24.7 Å². The number of hydrogen-bond donors (Lipinski definition) is 2. The monoisotopic (exact) mass is 369 g/mol. The van der Waals surface area contributed by atoms with Crippen LogP contribution in [-0.2, 0) is 11.8 Å². The van der Waals surface area contributed by atoms with Crippen LogP contribution in [0.2, 0.25) is 0 Å². The molecule has 0 unspecified atom stereocenters. The normalized spacial score (nSPS) is 15.4. The number of carbonyl (C=O) groups excluding carboxylic acids is 3. The summed E-state index contributed by atoms with van der Waals surface area (Å²) in [5.41, 5.74) is 0.868. The highest BCUT2D eigenvalue weighted by molar-refractivity contribution is 6.09. The van der Waals surface area contributed by atoms with Gasteiger partial charge in [-0.05, 0) is 18.6 Å². The Morgan fingerprint density at radius 1 is 1.33 bits per heavy atom. The van der Waals surface area contributed by atoms with Crippen LogP contribution < -0.4 is 15.5 Å². The molecule has 1 aromatic carbocycles. The third-order valence-electron chi connectivity index (χ3n) is 4.55. The number of para-hydroxylation sites is 1. The van der Waals surface area contributed by atoms with E-state index in [0.29, 0.717) is 11.3 Å². The minimum Gasteiger partial charge on any atom is -0.342 e. The number of nitrogens with zero attached hydrogens (tertiary/aromatic N) is 3. The van der Waals surface area contributed by atoms with Crippen molar-refractivity contribution in [2.24, 2.45) is 7.05 Å². The maximum atomic E-state index is 13.0. The molecular weight excluding hydrogens is 346 g/mol. The molecule has 0 radical (unpaired) electrons. The van der Waals surface area contributed by atoms with Gasteiger partial charge in [0.05, 0.1) is 17.3 Å². The highest BCUT2D eigenvalue weighted by Gasteiger charge is 2.28. The molecule has 2 N–H and O–H groups in total. The number of anilines is 1. The number of aryl methyl sites for hydroxylation is 1. The fourth-order valence-electron chi connectivity index (χ4n) is 3.20. The van der Waals surface area contributed by atoms with Gasteiger partial charge >= 0.3 is 6.03 Å². The van der Waals surface area contributed by atoms with E-state index in [0.717, 1.165) is 18.7 Å².